The van der Waals surface area contributed by atoms with Crippen LogP contribution in [-0.2, 0) is 11.3 Å². The summed E-state index contributed by atoms with van der Waals surface area (Å²) in [7, 11) is 0. The molecule has 1 aliphatic carbocycles. The Morgan fingerprint density at radius 3 is 2.41 bits per heavy atom. The van der Waals surface area contributed by atoms with E-state index >= 15 is 0 Å². The molecule has 1 saturated carbocycles. The summed E-state index contributed by atoms with van der Waals surface area (Å²) in [6.07, 6.45) is 12.2. The summed E-state index contributed by atoms with van der Waals surface area (Å²) >= 11 is 0. The highest BCUT2D eigenvalue weighted by Crippen LogP contribution is 2.33. The second-order valence-electron chi connectivity index (χ2n) is 10.5. The number of aromatic nitrogens is 1. The molecule has 0 unspecified atom stereocenters. The third-order valence-corrected chi connectivity index (χ3v) is 8.05. The fourth-order valence-corrected chi connectivity index (χ4v) is 5.95. The molecule has 7 heteroatoms. The summed E-state index contributed by atoms with van der Waals surface area (Å²) in [6, 6.07) is 7.76. The number of amides is 2. The van der Waals surface area contributed by atoms with E-state index < -0.39 is 5.54 Å². The van der Waals surface area contributed by atoms with E-state index in [1.807, 2.05) is 40.7 Å². The fourth-order valence-electron chi connectivity index (χ4n) is 5.95. The third kappa shape index (κ3) is 4.54. The van der Waals surface area contributed by atoms with Crippen molar-refractivity contribution in [2.24, 2.45) is 0 Å². The Morgan fingerprint density at radius 1 is 1.00 bits per heavy atom. The number of carbonyl (C=O) groups excluding carboxylic acids is 2. The Kier molecular flexibility index (Phi) is 6.82. The molecule has 5 rings (SSSR count). The first-order valence-corrected chi connectivity index (χ1v) is 13.1. The van der Waals surface area contributed by atoms with Crippen LogP contribution in [0, 0.1) is 0 Å². The van der Waals surface area contributed by atoms with Crippen LogP contribution in [0.5, 0.6) is 0 Å². The predicted molar refractivity (Wildman–Crippen MR) is 131 cm³/mol. The average Bonchev–Trinajstić information content (AvgIpc) is 3.44. The highest BCUT2D eigenvalue weighted by Gasteiger charge is 2.48. The summed E-state index contributed by atoms with van der Waals surface area (Å²) in [6.45, 7) is 5.90. The second-order valence-corrected chi connectivity index (χ2v) is 10.5. The lowest BCUT2D eigenvalue weighted by atomic mass is 9.91. The van der Waals surface area contributed by atoms with E-state index in [1.165, 1.54) is 32.1 Å². The number of hydrogen-bond acceptors (Lipinski definition) is 4. The molecule has 2 fully saturated rings. The smallest absolute Gasteiger partial charge is 0.271 e. The minimum atomic E-state index is -0.951. The first-order chi connectivity index (χ1) is 16.6. The molecule has 0 aromatic carbocycles. The number of nitrogens with one attached hydrogen (secondary N) is 1. The van der Waals surface area contributed by atoms with Gasteiger partial charge in [-0.1, -0.05) is 32.1 Å². The van der Waals surface area contributed by atoms with Gasteiger partial charge in [-0.3, -0.25) is 9.59 Å². The zero-order chi connectivity index (χ0) is 23.5. The highest BCUT2D eigenvalue weighted by atomic mass is 16.3. The van der Waals surface area contributed by atoms with Gasteiger partial charge in [0.25, 0.3) is 5.91 Å². The SMILES string of the molecule is C[C@]1(C(=O)NC2CCCCC2)Cn2c(ccc2-c2ccco2)C(=O)N1CCN1CCCCCC1. The second kappa shape index (κ2) is 9.98. The van der Waals surface area contributed by atoms with E-state index in [1.54, 1.807) is 6.26 Å². The van der Waals surface area contributed by atoms with Crippen molar-refractivity contribution in [3.05, 3.63) is 36.2 Å². The van der Waals surface area contributed by atoms with E-state index in [2.05, 4.69) is 10.2 Å². The van der Waals surface area contributed by atoms with Gasteiger partial charge in [-0.05, 0) is 70.0 Å². The molecular formula is C27H38N4O3. The molecule has 2 amide bonds. The molecule has 0 bridgehead atoms. The molecular weight excluding hydrogens is 428 g/mol. The van der Waals surface area contributed by atoms with Crippen molar-refractivity contribution in [1.29, 1.82) is 0 Å². The van der Waals surface area contributed by atoms with Crippen LogP contribution < -0.4 is 5.32 Å². The number of rotatable bonds is 6. The Balaban J connectivity index is 1.43. The van der Waals surface area contributed by atoms with Crippen molar-refractivity contribution in [1.82, 2.24) is 19.7 Å². The molecule has 2 aromatic heterocycles. The molecule has 0 radical (unpaired) electrons. The van der Waals surface area contributed by atoms with Gasteiger partial charge < -0.3 is 24.1 Å². The summed E-state index contributed by atoms with van der Waals surface area (Å²) in [4.78, 5) is 32.0. The molecule has 2 aliphatic heterocycles. The van der Waals surface area contributed by atoms with Crippen LogP contribution in [0.25, 0.3) is 11.5 Å². The van der Waals surface area contributed by atoms with Gasteiger partial charge in [-0.2, -0.15) is 0 Å². The van der Waals surface area contributed by atoms with Crippen molar-refractivity contribution in [2.45, 2.75) is 82.8 Å². The Morgan fingerprint density at radius 2 is 1.71 bits per heavy atom. The lowest BCUT2D eigenvalue weighted by Gasteiger charge is -2.45. The predicted octanol–water partition coefficient (Wildman–Crippen LogP) is 4.29. The minimum Gasteiger partial charge on any atom is -0.463 e. The van der Waals surface area contributed by atoms with Crippen LogP contribution in [0.2, 0.25) is 0 Å². The number of nitrogens with zero attached hydrogens (tertiary/aromatic N) is 3. The molecule has 7 nitrogen and oxygen atoms in total. The van der Waals surface area contributed by atoms with Gasteiger partial charge in [-0.25, -0.2) is 0 Å². The van der Waals surface area contributed by atoms with Crippen LogP contribution in [0.3, 0.4) is 0 Å². The van der Waals surface area contributed by atoms with E-state index in [4.69, 9.17) is 4.42 Å². The van der Waals surface area contributed by atoms with Crippen LogP contribution in [-0.4, -0.2) is 63.9 Å². The van der Waals surface area contributed by atoms with Crippen molar-refractivity contribution >= 4 is 11.8 Å². The maximum absolute atomic E-state index is 13.8. The van der Waals surface area contributed by atoms with Crippen LogP contribution >= 0.6 is 0 Å². The molecule has 1 N–H and O–H groups in total. The maximum Gasteiger partial charge on any atom is 0.271 e. The van der Waals surface area contributed by atoms with Crippen LogP contribution in [0.4, 0.5) is 0 Å². The lowest BCUT2D eigenvalue weighted by Crippen LogP contribution is -2.66. The Hall–Kier alpha value is -2.54. The van der Waals surface area contributed by atoms with Crippen molar-refractivity contribution < 1.29 is 14.0 Å². The summed E-state index contributed by atoms with van der Waals surface area (Å²) in [5, 5.41) is 3.32. The van der Waals surface area contributed by atoms with E-state index in [0.29, 0.717) is 24.5 Å². The van der Waals surface area contributed by atoms with Crippen molar-refractivity contribution in [2.75, 3.05) is 26.2 Å². The van der Waals surface area contributed by atoms with Gasteiger partial charge in [0, 0.05) is 19.1 Å². The standard InChI is InChI=1S/C27H38N4O3/c1-27(26(33)28-21-10-5-4-6-11-21)20-30-22(24-12-9-19-34-24)13-14-23(30)25(32)31(27)18-17-29-15-7-2-3-8-16-29/h9,12-14,19,21H,2-8,10-11,15-18,20H2,1H3,(H,28,33)/t27-/m1/s1. The van der Waals surface area contributed by atoms with E-state index in [-0.39, 0.29) is 17.9 Å². The molecule has 1 saturated heterocycles. The molecule has 0 spiro atoms. The number of likely N-dealkylation sites (tertiary alicyclic amines) is 1. The largest absolute Gasteiger partial charge is 0.463 e. The van der Waals surface area contributed by atoms with Gasteiger partial charge in [0.1, 0.15) is 17.0 Å². The van der Waals surface area contributed by atoms with Gasteiger partial charge in [-0.15, -0.1) is 0 Å². The molecule has 3 aliphatic rings. The topological polar surface area (TPSA) is 70.7 Å². The first-order valence-electron chi connectivity index (χ1n) is 13.1. The molecule has 4 heterocycles. The van der Waals surface area contributed by atoms with Gasteiger partial charge >= 0.3 is 0 Å². The highest BCUT2D eigenvalue weighted by molar-refractivity contribution is 6.00. The average molecular weight is 467 g/mol. The van der Waals surface area contributed by atoms with Crippen LogP contribution in [0.15, 0.2) is 34.9 Å². The van der Waals surface area contributed by atoms with Gasteiger partial charge in [0.15, 0.2) is 0 Å². The summed E-state index contributed by atoms with van der Waals surface area (Å²) in [5.74, 6) is 0.612. The zero-order valence-electron chi connectivity index (χ0n) is 20.4. The third-order valence-electron chi connectivity index (χ3n) is 8.05. The molecule has 184 valence electrons. The van der Waals surface area contributed by atoms with Gasteiger partial charge in [0.05, 0.1) is 18.5 Å². The Bertz CT molecular complexity index is 984. The van der Waals surface area contributed by atoms with Gasteiger partial charge in [0.2, 0.25) is 5.91 Å². The number of hydrogen-bond donors (Lipinski definition) is 1. The minimum absolute atomic E-state index is 0.0339. The number of carbonyl (C=O) groups is 2. The Labute approximate surface area is 202 Å². The number of furan rings is 1. The zero-order valence-corrected chi connectivity index (χ0v) is 20.4. The first kappa shape index (κ1) is 23.2. The summed E-state index contributed by atoms with van der Waals surface area (Å²) < 4.78 is 7.62. The van der Waals surface area contributed by atoms with Crippen molar-refractivity contribution in [3.8, 4) is 11.5 Å². The van der Waals surface area contributed by atoms with E-state index in [9.17, 15) is 9.59 Å². The summed E-state index contributed by atoms with van der Waals surface area (Å²) in [5.41, 5.74) is 0.524. The van der Waals surface area contributed by atoms with Crippen molar-refractivity contribution in [3.63, 3.8) is 0 Å². The quantitative estimate of drug-likeness (QED) is 0.690. The normalized spacial score (nSPS) is 24.6. The molecule has 1 atom stereocenters. The number of fused-ring (bicyclic) bond motifs is 1. The maximum atomic E-state index is 13.8. The van der Waals surface area contributed by atoms with Crippen LogP contribution in [0.1, 0.15) is 75.2 Å². The monoisotopic (exact) mass is 466 g/mol. The molecule has 2 aromatic rings. The fraction of sp³-hybridized carbons (Fsp3) is 0.630. The molecule has 34 heavy (non-hydrogen) atoms. The lowest BCUT2D eigenvalue weighted by molar-refractivity contribution is -0.134. The van der Waals surface area contributed by atoms with E-state index in [0.717, 1.165) is 51.0 Å².